The van der Waals surface area contributed by atoms with Crippen molar-refractivity contribution in [3.63, 3.8) is 0 Å². The molecule has 27 heavy (non-hydrogen) atoms. The summed E-state index contributed by atoms with van der Waals surface area (Å²) in [6.07, 6.45) is 5.47. The maximum Gasteiger partial charge on any atom is -0.0154 e. The highest BCUT2D eigenvalue weighted by Crippen LogP contribution is 2.36. The van der Waals surface area contributed by atoms with E-state index in [1.165, 1.54) is 64.6 Å². The highest BCUT2D eigenvalue weighted by atomic mass is 14.2. The zero-order chi connectivity index (χ0) is 18.8. The van der Waals surface area contributed by atoms with Crippen molar-refractivity contribution in [2.45, 2.75) is 52.4 Å². The molecule has 0 amide bonds. The predicted octanol–water partition coefficient (Wildman–Crippen LogP) is 7.93. The Balaban J connectivity index is 1.55. The summed E-state index contributed by atoms with van der Waals surface area (Å²) >= 11 is 0. The van der Waals surface area contributed by atoms with Crippen LogP contribution in [0.4, 0.5) is 0 Å². The third kappa shape index (κ3) is 4.00. The molecule has 0 saturated heterocycles. The first-order valence-electron chi connectivity index (χ1n) is 10.4. The van der Waals surface area contributed by atoms with Gasteiger partial charge in [0.25, 0.3) is 0 Å². The third-order valence-electron chi connectivity index (χ3n) is 6.32. The minimum absolute atomic E-state index is 0.765. The Labute approximate surface area is 164 Å². The van der Waals surface area contributed by atoms with E-state index in [1.54, 1.807) is 0 Å². The van der Waals surface area contributed by atoms with Crippen LogP contribution >= 0.6 is 0 Å². The van der Waals surface area contributed by atoms with E-state index in [-0.39, 0.29) is 0 Å². The van der Waals surface area contributed by atoms with E-state index >= 15 is 0 Å². The largest absolute Gasteiger partial charge is 0.0625 e. The molecule has 0 unspecified atom stereocenters. The van der Waals surface area contributed by atoms with Crippen LogP contribution in [0.15, 0.2) is 66.7 Å². The van der Waals surface area contributed by atoms with Crippen LogP contribution in [0.2, 0.25) is 0 Å². The molecule has 138 valence electrons. The molecule has 0 bridgehead atoms. The molecule has 1 aliphatic carbocycles. The highest BCUT2D eigenvalue weighted by molar-refractivity contribution is 5.73. The number of hydrogen-bond donors (Lipinski definition) is 0. The van der Waals surface area contributed by atoms with E-state index in [2.05, 4.69) is 87.5 Å². The van der Waals surface area contributed by atoms with E-state index in [1.807, 2.05) is 0 Å². The third-order valence-corrected chi connectivity index (χ3v) is 6.32. The predicted molar refractivity (Wildman–Crippen MR) is 117 cm³/mol. The zero-order valence-corrected chi connectivity index (χ0v) is 16.8. The molecule has 0 N–H and O–H groups in total. The van der Waals surface area contributed by atoms with Crippen molar-refractivity contribution in [2.24, 2.45) is 5.92 Å². The van der Waals surface area contributed by atoms with Crippen LogP contribution in [-0.2, 0) is 0 Å². The molecule has 4 rings (SSSR count). The fourth-order valence-corrected chi connectivity index (χ4v) is 4.44. The lowest BCUT2D eigenvalue weighted by atomic mass is 9.79. The van der Waals surface area contributed by atoms with E-state index in [9.17, 15) is 0 Å². The second-order valence-electron chi connectivity index (χ2n) is 8.47. The van der Waals surface area contributed by atoms with Gasteiger partial charge in [-0.25, -0.2) is 0 Å². The second-order valence-corrected chi connectivity index (χ2v) is 8.47. The molecule has 1 fully saturated rings. The molecule has 1 saturated carbocycles. The van der Waals surface area contributed by atoms with Crippen LogP contribution in [0, 0.1) is 19.8 Å². The quantitative estimate of drug-likeness (QED) is 0.448. The monoisotopic (exact) mass is 354 g/mol. The van der Waals surface area contributed by atoms with E-state index in [0.29, 0.717) is 0 Å². The number of hydrogen-bond acceptors (Lipinski definition) is 0. The van der Waals surface area contributed by atoms with Crippen molar-refractivity contribution < 1.29 is 0 Å². The lowest BCUT2D eigenvalue weighted by Crippen LogP contribution is -2.10. The summed E-state index contributed by atoms with van der Waals surface area (Å²) in [6, 6.07) is 25.0. The molecule has 0 atom stereocenters. The van der Waals surface area contributed by atoms with Crippen molar-refractivity contribution in [1.29, 1.82) is 0 Å². The van der Waals surface area contributed by atoms with Gasteiger partial charge in [-0.1, -0.05) is 92.1 Å². The van der Waals surface area contributed by atoms with Crippen LogP contribution in [0.25, 0.3) is 22.3 Å². The lowest BCUT2D eigenvalue weighted by molar-refractivity contribution is 0.348. The van der Waals surface area contributed by atoms with Gasteiger partial charge in [-0.15, -0.1) is 0 Å². The maximum atomic E-state index is 2.39. The second kappa shape index (κ2) is 7.72. The van der Waals surface area contributed by atoms with Crippen LogP contribution in [0.1, 0.15) is 55.2 Å². The van der Waals surface area contributed by atoms with Gasteiger partial charge in [0.2, 0.25) is 0 Å². The Hall–Kier alpha value is -2.34. The highest BCUT2D eigenvalue weighted by Gasteiger charge is 2.19. The standard InChI is InChI=1S/C27H30/c1-19-4-8-22(9-5-19)23-12-14-24(15-13-23)26-16-17-27(21(3)18-26)25-10-6-20(2)7-11-25/h6-7,10-19,22H,4-5,8-9H2,1-3H3. The minimum Gasteiger partial charge on any atom is -0.0625 e. The van der Waals surface area contributed by atoms with Gasteiger partial charge in [-0.3, -0.25) is 0 Å². The Morgan fingerprint density at radius 2 is 1.22 bits per heavy atom. The summed E-state index contributed by atoms with van der Waals surface area (Å²) in [6.45, 7) is 6.75. The molecule has 0 heterocycles. The number of aryl methyl sites for hydroxylation is 2. The zero-order valence-electron chi connectivity index (χ0n) is 16.8. The Kier molecular flexibility index (Phi) is 5.16. The molecule has 0 nitrogen and oxygen atoms in total. The molecule has 0 spiro atoms. The molecular weight excluding hydrogens is 324 g/mol. The lowest BCUT2D eigenvalue weighted by Gasteiger charge is -2.26. The SMILES string of the molecule is Cc1ccc(-c2ccc(-c3ccc(C4CCC(C)CC4)cc3)cc2C)cc1. The van der Waals surface area contributed by atoms with Gasteiger partial charge in [0.05, 0.1) is 0 Å². The molecule has 0 aromatic heterocycles. The normalized spacial score (nSPS) is 19.8. The fraction of sp³-hybridized carbons (Fsp3) is 0.333. The first kappa shape index (κ1) is 18.0. The first-order chi connectivity index (χ1) is 13.1. The molecule has 3 aromatic rings. The van der Waals surface area contributed by atoms with Gasteiger partial charge >= 0.3 is 0 Å². The summed E-state index contributed by atoms with van der Waals surface area (Å²) in [4.78, 5) is 0. The summed E-state index contributed by atoms with van der Waals surface area (Å²) in [5.41, 5.74) is 9.42. The van der Waals surface area contributed by atoms with Gasteiger partial charge in [-0.05, 0) is 71.9 Å². The summed E-state index contributed by atoms with van der Waals surface area (Å²) < 4.78 is 0. The van der Waals surface area contributed by atoms with Gasteiger partial charge in [0, 0.05) is 0 Å². The maximum absolute atomic E-state index is 2.39. The molecular formula is C27H30. The summed E-state index contributed by atoms with van der Waals surface area (Å²) in [5, 5.41) is 0. The van der Waals surface area contributed by atoms with Crippen molar-refractivity contribution in [1.82, 2.24) is 0 Å². The summed E-state index contributed by atoms with van der Waals surface area (Å²) in [5.74, 6) is 1.68. The van der Waals surface area contributed by atoms with Crippen molar-refractivity contribution >= 4 is 0 Å². The van der Waals surface area contributed by atoms with Crippen LogP contribution in [0.5, 0.6) is 0 Å². The van der Waals surface area contributed by atoms with Crippen molar-refractivity contribution in [3.8, 4) is 22.3 Å². The average molecular weight is 355 g/mol. The molecule has 1 aliphatic rings. The number of benzene rings is 3. The van der Waals surface area contributed by atoms with Crippen molar-refractivity contribution in [2.75, 3.05) is 0 Å². The van der Waals surface area contributed by atoms with Gasteiger partial charge in [0.1, 0.15) is 0 Å². The number of rotatable bonds is 3. The smallest absolute Gasteiger partial charge is 0.0154 e. The summed E-state index contributed by atoms with van der Waals surface area (Å²) in [7, 11) is 0. The average Bonchev–Trinajstić information content (AvgIpc) is 2.69. The minimum atomic E-state index is 0.765. The van der Waals surface area contributed by atoms with Crippen LogP contribution < -0.4 is 0 Å². The first-order valence-corrected chi connectivity index (χ1v) is 10.4. The fourth-order valence-electron chi connectivity index (χ4n) is 4.44. The van der Waals surface area contributed by atoms with Crippen molar-refractivity contribution in [3.05, 3.63) is 83.4 Å². The Morgan fingerprint density at radius 1 is 0.630 bits per heavy atom. The van der Waals surface area contributed by atoms with E-state index < -0.39 is 0 Å². The molecule has 0 heteroatoms. The van der Waals surface area contributed by atoms with Gasteiger partial charge in [0.15, 0.2) is 0 Å². The molecule has 0 radical (unpaired) electrons. The molecule has 0 aliphatic heterocycles. The Morgan fingerprint density at radius 3 is 1.85 bits per heavy atom. The van der Waals surface area contributed by atoms with Crippen LogP contribution in [-0.4, -0.2) is 0 Å². The van der Waals surface area contributed by atoms with E-state index in [0.717, 1.165) is 11.8 Å². The Bertz CT molecular complexity index is 892. The topological polar surface area (TPSA) is 0 Å². The van der Waals surface area contributed by atoms with E-state index in [4.69, 9.17) is 0 Å². The van der Waals surface area contributed by atoms with Crippen LogP contribution in [0.3, 0.4) is 0 Å². The van der Waals surface area contributed by atoms with Gasteiger partial charge < -0.3 is 0 Å². The van der Waals surface area contributed by atoms with Gasteiger partial charge in [-0.2, -0.15) is 0 Å². The molecule has 3 aromatic carbocycles.